The van der Waals surface area contributed by atoms with Crippen LogP contribution in [0.2, 0.25) is 0 Å². The van der Waals surface area contributed by atoms with Gasteiger partial charge in [0.05, 0.1) is 0 Å². The first-order valence-corrected chi connectivity index (χ1v) is 7.75. The van der Waals surface area contributed by atoms with Crippen LogP contribution in [-0.4, -0.2) is 32.1 Å². The predicted molar refractivity (Wildman–Crippen MR) is 86.8 cm³/mol. The van der Waals surface area contributed by atoms with Crippen molar-refractivity contribution in [2.45, 2.75) is 13.0 Å². The van der Waals surface area contributed by atoms with Crippen LogP contribution in [0.25, 0.3) is 0 Å². The molecule has 1 heterocycles. The van der Waals surface area contributed by atoms with Gasteiger partial charge in [-0.05, 0) is 67.7 Å². The SMILES string of the molecule is CC(Nc1ccc(OCCN(C)C)cc1)c1ccsc1. The van der Waals surface area contributed by atoms with E-state index in [4.69, 9.17) is 4.74 Å². The fraction of sp³-hybridized carbons (Fsp3) is 0.375. The fourth-order valence-electron chi connectivity index (χ4n) is 1.85. The molecular formula is C16H22N2OS. The number of hydrogen-bond acceptors (Lipinski definition) is 4. The third kappa shape index (κ3) is 4.54. The monoisotopic (exact) mass is 290 g/mol. The highest BCUT2D eigenvalue weighted by Crippen LogP contribution is 2.22. The molecule has 1 aromatic carbocycles. The molecular weight excluding hydrogens is 268 g/mol. The highest BCUT2D eigenvalue weighted by atomic mass is 32.1. The second-order valence-corrected chi connectivity index (χ2v) is 5.88. The van der Waals surface area contributed by atoms with Crippen LogP contribution in [0.4, 0.5) is 5.69 Å². The van der Waals surface area contributed by atoms with E-state index in [9.17, 15) is 0 Å². The lowest BCUT2D eigenvalue weighted by atomic mass is 10.1. The number of benzene rings is 1. The number of thiophene rings is 1. The second-order valence-electron chi connectivity index (χ2n) is 5.10. The fourth-order valence-corrected chi connectivity index (χ4v) is 2.60. The Bertz CT molecular complexity index is 494. The van der Waals surface area contributed by atoms with Gasteiger partial charge in [0.1, 0.15) is 12.4 Å². The van der Waals surface area contributed by atoms with Crippen LogP contribution in [0.5, 0.6) is 5.75 Å². The zero-order valence-corrected chi connectivity index (χ0v) is 13.1. The average molecular weight is 290 g/mol. The Balaban J connectivity index is 1.85. The van der Waals surface area contributed by atoms with E-state index in [1.807, 2.05) is 26.2 Å². The molecule has 0 saturated carbocycles. The van der Waals surface area contributed by atoms with Crippen molar-refractivity contribution in [2.24, 2.45) is 0 Å². The molecule has 108 valence electrons. The van der Waals surface area contributed by atoms with Gasteiger partial charge in [-0.3, -0.25) is 0 Å². The van der Waals surface area contributed by atoms with Gasteiger partial charge in [-0.25, -0.2) is 0 Å². The van der Waals surface area contributed by atoms with Crippen LogP contribution >= 0.6 is 11.3 Å². The Morgan fingerprint density at radius 2 is 1.95 bits per heavy atom. The summed E-state index contributed by atoms with van der Waals surface area (Å²) in [4.78, 5) is 2.11. The summed E-state index contributed by atoms with van der Waals surface area (Å²) in [6.45, 7) is 3.81. The summed E-state index contributed by atoms with van der Waals surface area (Å²) in [7, 11) is 4.09. The van der Waals surface area contributed by atoms with Crippen molar-refractivity contribution in [3.05, 3.63) is 46.7 Å². The summed E-state index contributed by atoms with van der Waals surface area (Å²) in [6, 6.07) is 10.6. The first-order chi connectivity index (χ1) is 9.65. The maximum absolute atomic E-state index is 5.68. The lowest BCUT2D eigenvalue weighted by Crippen LogP contribution is -2.19. The Labute approximate surface area is 125 Å². The van der Waals surface area contributed by atoms with Crippen molar-refractivity contribution in [1.82, 2.24) is 4.90 Å². The predicted octanol–water partition coefficient (Wildman–Crippen LogP) is 3.86. The van der Waals surface area contributed by atoms with E-state index in [0.29, 0.717) is 12.6 Å². The number of nitrogens with zero attached hydrogens (tertiary/aromatic N) is 1. The molecule has 0 aliphatic carbocycles. The summed E-state index contributed by atoms with van der Waals surface area (Å²) >= 11 is 1.73. The van der Waals surface area contributed by atoms with E-state index in [2.05, 4.69) is 46.1 Å². The van der Waals surface area contributed by atoms with Crippen LogP contribution in [-0.2, 0) is 0 Å². The molecule has 2 aromatic rings. The van der Waals surface area contributed by atoms with E-state index in [1.165, 1.54) is 5.56 Å². The van der Waals surface area contributed by atoms with Gasteiger partial charge in [0, 0.05) is 18.3 Å². The van der Waals surface area contributed by atoms with E-state index >= 15 is 0 Å². The van der Waals surface area contributed by atoms with Gasteiger partial charge in [-0.15, -0.1) is 0 Å². The van der Waals surface area contributed by atoms with Crippen molar-refractivity contribution in [1.29, 1.82) is 0 Å². The first-order valence-electron chi connectivity index (χ1n) is 6.81. The van der Waals surface area contributed by atoms with Crippen LogP contribution in [0.3, 0.4) is 0 Å². The number of nitrogens with one attached hydrogen (secondary N) is 1. The van der Waals surface area contributed by atoms with Crippen molar-refractivity contribution in [2.75, 3.05) is 32.6 Å². The lowest BCUT2D eigenvalue weighted by Gasteiger charge is -2.15. The van der Waals surface area contributed by atoms with Crippen molar-refractivity contribution in [3.8, 4) is 5.75 Å². The van der Waals surface area contributed by atoms with Crippen LogP contribution < -0.4 is 10.1 Å². The molecule has 0 aliphatic rings. The number of ether oxygens (including phenoxy) is 1. The highest BCUT2D eigenvalue weighted by molar-refractivity contribution is 7.07. The summed E-state index contributed by atoms with van der Waals surface area (Å²) in [5, 5.41) is 7.77. The molecule has 1 unspecified atom stereocenters. The lowest BCUT2D eigenvalue weighted by molar-refractivity contribution is 0.261. The number of anilines is 1. The molecule has 4 heteroatoms. The summed E-state index contributed by atoms with van der Waals surface area (Å²) in [5.41, 5.74) is 2.44. The minimum absolute atomic E-state index is 0.321. The normalized spacial score (nSPS) is 12.4. The molecule has 0 aliphatic heterocycles. The summed E-state index contributed by atoms with van der Waals surface area (Å²) < 4.78 is 5.68. The molecule has 0 bridgehead atoms. The molecule has 0 amide bonds. The van der Waals surface area contributed by atoms with Gasteiger partial charge in [-0.2, -0.15) is 11.3 Å². The number of rotatable bonds is 7. The van der Waals surface area contributed by atoms with Crippen molar-refractivity contribution in [3.63, 3.8) is 0 Å². The second kappa shape index (κ2) is 7.31. The molecule has 1 N–H and O–H groups in total. The quantitative estimate of drug-likeness (QED) is 0.838. The first kappa shape index (κ1) is 14.9. The third-order valence-corrected chi connectivity index (χ3v) is 3.79. The molecule has 0 radical (unpaired) electrons. The number of hydrogen-bond donors (Lipinski definition) is 1. The molecule has 1 atom stereocenters. The minimum Gasteiger partial charge on any atom is -0.492 e. The Morgan fingerprint density at radius 3 is 2.55 bits per heavy atom. The molecule has 0 spiro atoms. The van der Waals surface area contributed by atoms with Crippen molar-refractivity contribution < 1.29 is 4.74 Å². The topological polar surface area (TPSA) is 24.5 Å². The maximum atomic E-state index is 5.68. The standard InChI is InChI=1S/C16H22N2OS/c1-13(14-8-11-20-12-14)17-15-4-6-16(7-5-15)19-10-9-18(2)3/h4-8,11-13,17H,9-10H2,1-3H3. The van der Waals surface area contributed by atoms with Gasteiger partial charge >= 0.3 is 0 Å². The van der Waals surface area contributed by atoms with Crippen LogP contribution in [0.15, 0.2) is 41.1 Å². The van der Waals surface area contributed by atoms with Gasteiger partial charge in [-0.1, -0.05) is 0 Å². The zero-order chi connectivity index (χ0) is 14.4. The zero-order valence-electron chi connectivity index (χ0n) is 12.3. The van der Waals surface area contributed by atoms with E-state index in [1.54, 1.807) is 11.3 Å². The minimum atomic E-state index is 0.321. The van der Waals surface area contributed by atoms with Gasteiger partial charge < -0.3 is 15.0 Å². The Hall–Kier alpha value is -1.52. The number of likely N-dealkylation sites (N-methyl/N-ethyl adjacent to an activating group) is 1. The molecule has 20 heavy (non-hydrogen) atoms. The average Bonchev–Trinajstić information content (AvgIpc) is 2.94. The van der Waals surface area contributed by atoms with E-state index < -0.39 is 0 Å². The molecule has 0 fully saturated rings. The van der Waals surface area contributed by atoms with E-state index in [0.717, 1.165) is 18.0 Å². The third-order valence-electron chi connectivity index (χ3n) is 3.09. The van der Waals surface area contributed by atoms with Crippen LogP contribution in [0, 0.1) is 0 Å². The van der Waals surface area contributed by atoms with E-state index in [-0.39, 0.29) is 0 Å². The van der Waals surface area contributed by atoms with Gasteiger partial charge in [0.25, 0.3) is 0 Å². The van der Waals surface area contributed by atoms with Crippen LogP contribution in [0.1, 0.15) is 18.5 Å². The molecule has 0 saturated heterocycles. The molecule has 1 aromatic heterocycles. The van der Waals surface area contributed by atoms with Crippen molar-refractivity contribution >= 4 is 17.0 Å². The smallest absolute Gasteiger partial charge is 0.119 e. The summed E-state index contributed by atoms with van der Waals surface area (Å²) in [5.74, 6) is 0.917. The Kier molecular flexibility index (Phi) is 5.44. The largest absolute Gasteiger partial charge is 0.492 e. The van der Waals surface area contributed by atoms with Gasteiger partial charge in [0.2, 0.25) is 0 Å². The highest BCUT2D eigenvalue weighted by Gasteiger charge is 2.05. The van der Waals surface area contributed by atoms with Gasteiger partial charge in [0.15, 0.2) is 0 Å². The maximum Gasteiger partial charge on any atom is 0.119 e. The molecule has 3 nitrogen and oxygen atoms in total. The molecule has 2 rings (SSSR count). The summed E-state index contributed by atoms with van der Waals surface area (Å²) in [6.07, 6.45) is 0. The Morgan fingerprint density at radius 1 is 1.20 bits per heavy atom.